The van der Waals surface area contributed by atoms with Gasteiger partial charge in [0, 0.05) is 32.8 Å². The smallest absolute Gasteiger partial charge is 0.512 e. The van der Waals surface area contributed by atoms with E-state index in [1.165, 1.54) is 33.9 Å². The van der Waals surface area contributed by atoms with E-state index in [-0.39, 0.29) is 63.7 Å². The standard InChI is InChI=1S/C9H13N.C9H9N.C8H9Cl.C8H10O.C8H8O.C7H6O2.6C2H6.CN.Cl2OS.K/c2*1-8-4-2-3-5-9(8)6-7-10;3*1-7-4-2-3-5-8(7)6-9;8-5-6-3-1-2-4-7(6)9;7*1-2;1-4(2)3;/h2-5H,6-7,10H2,1H3;2-5H,6H2,1H3;2-5H,6H2,1H3;2-5,9H,6H2,1H3;2-6H,1H3;1-5,9H;6*1-2H3;;;/q;;;;;;;;;;;;-1;;+1. The number of carbonyl (C=O) groups excluding carboxylic acids is 2. The number of nitriles is 1. The minimum absolute atomic E-state index is 0. The Morgan fingerprint density at radius 1 is 0.520 bits per heavy atom. The number of benzene rings is 6. The molecule has 0 fully saturated rings. The Kier molecular flexibility index (Phi) is 89.6. The van der Waals surface area contributed by atoms with Crippen molar-refractivity contribution in [2.75, 3.05) is 6.54 Å². The molecule has 412 valence electrons. The Hall–Kier alpha value is -3.98. The topological polar surface area (TPSA) is 165 Å². The maximum absolute atomic E-state index is 10.2. The van der Waals surface area contributed by atoms with Gasteiger partial charge >= 0.3 is 51.4 Å². The van der Waals surface area contributed by atoms with E-state index in [9.17, 15) is 9.59 Å². The molecule has 75 heavy (non-hydrogen) atoms. The van der Waals surface area contributed by atoms with Gasteiger partial charge in [0.2, 0.25) is 9.23 Å². The van der Waals surface area contributed by atoms with Crippen LogP contribution >= 0.6 is 33.0 Å². The third-order valence-electron chi connectivity index (χ3n) is 8.42. The molecular formula is C62H91Cl3KN3O5S. The maximum atomic E-state index is 10.2. The predicted molar refractivity (Wildman–Crippen MR) is 325 cm³/mol. The van der Waals surface area contributed by atoms with E-state index >= 15 is 0 Å². The number of para-hydroxylation sites is 1. The second-order valence-electron chi connectivity index (χ2n) is 12.7. The van der Waals surface area contributed by atoms with Gasteiger partial charge < -0.3 is 27.8 Å². The van der Waals surface area contributed by atoms with Crippen molar-refractivity contribution in [2.45, 2.75) is 143 Å². The summed E-state index contributed by atoms with van der Waals surface area (Å²) < 4.78 is 9.09. The zero-order valence-electron chi connectivity index (χ0n) is 48.7. The number of aromatic hydroxyl groups is 1. The van der Waals surface area contributed by atoms with Crippen LogP contribution in [0.3, 0.4) is 0 Å². The summed E-state index contributed by atoms with van der Waals surface area (Å²) in [6, 6.07) is 48.3. The van der Waals surface area contributed by atoms with Crippen molar-refractivity contribution in [3.8, 4) is 11.8 Å². The monoisotopic (exact) mass is 1130 g/mol. The van der Waals surface area contributed by atoms with E-state index in [4.69, 9.17) is 48.9 Å². The van der Waals surface area contributed by atoms with Gasteiger partial charge in [-0.15, -0.1) is 11.6 Å². The summed E-state index contributed by atoms with van der Waals surface area (Å²) in [6.45, 7) is 39.8. The summed E-state index contributed by atoms with van der Waals surface area (Å²) in [4.78, 5) is 20.3. The van der Waals surface area contributed by atoms with Gasteiger partial charge in [0.15, 0.2) is 6.29 Å². The number of aldehydes is 2. The van der Waals surface area contributed by atoms with Crippen molar-refractivity contribution < 1.29 is 75.4 Å². The summed E-state index contributed by atoms with van der Waals surface area (Å²) in [6.07, 6.45) is 3.00. The van der Waals surface area contributed by atoms with Crippen molar-refractivity contribution in [1.29, 1.82) is 10.5 Å². The molecule has 4 N–H and O–H groups in total. The van der Waals surface area contributed by atoms with Gasteiger partial charge in [-0.05, 0) is 110 Å². The second-order valence-corrected chi connectivity index (χ2v) is 15.5. The number of hydrogen-bond donors (Lipinski definition) is 3. The average Bonchev–Trinajstić information content (AvgIpc) is 3.45. The first-order valence-corrected chi connectivity index (χ1v) is 28.3. The third kappa shape index (κ3) is 56.1. The number of aliphatic hydroxyl groups is 1. The number of nitrogens with two attached hydrogens (primary N) is 1. The summed E-state index contributed by atoms with van der Waals surface area (Å²) in [5, 5.41) is 32.2. The van der Waals surface area contributed by atoms with Crippen LogP contribution in [0.15, 0.2) is 146 Å². The van der Waals surface area contributed by atoms with Gasteiger partial charge in [-0.2, -0.15) is 5.26 Å². The summed E-state index contributed by atoms with van der Waals surface area (Å²) in [5.41, 5.74) is 17.3. The minimum atomic E-state index is -1.67. The van der Waals surface area contributed by atoms with Gasteiger partial charge in [0.25, 0.3) is 0 Å². The van der Waals surface area contributed by atoms with Crippen LogP contribution < -0.4 is 57.1 Å². The van der Waals surface area contributed by atoms with Crippen LogP contribution in [-0.4, -0.2) is 33.5 Å². The molecule has 0 aromatic heterocycles. The molecule has 0 amide bonds. The molecule has 0 aliphatic heterocycles. The largest absolute Gasteiger partial charge is 1.00 e. The van der Waals surface area contributed by atoms with Gasteiger partial charge in [-0.3, -0.25) is 9.59 Å². The molecule has 6 rings (SSSR count). The number of alkyl halides is 1. The first-order valence-electron chi connectivity index (χ1n) is 24.9. The Labute approximate surface area is 516 Å². The average molecular weight is 1140 g/mol. The van der Waals surface area contributed by atoms with Crippen molar-refractivity contribution in [3.63, 3.8) is 0 Å². The molecular weight excluding hydrogens is 1040 g/mol. The number of phenols is 1. The normalized spacial score (nSPS) is 7.89. The number of phenolic OH excluding ortho intramolecular Hbond substituents is 1. The molecule has 0 unspecified atom stereocenters. The molecule has 8 nitrogen and oxygen atoms in total. The number of rotatable bonds is 7. The fourth-order valence-electron chi connectivity index (χ4n) is 4.79. The Balaban J connectivity index is -0.0000000935. The van der Waals surface area contributed by atoms with Crippen LogP contribution in [0.4, 0.5) is 0 Å². The van der Waals surface area contributed by atoms with Gasteiger partial charge in [-0.1, -0.05) is 217 Å². The van der Waals surface area contributed by atoms with Crippen LogP contribution in [-0.2, 0) is 34.6 Å². The van der Waals surface area contributed by atoms with E-state index in [2.05, 4.69) is 71.6 Å². The van der Waals surface area contributed by atoms with Crippen LogP contribution in [0.2, 0.25) is 0 Å². The van der Waals surface area contributed by atoms with Crippen LogP contribution in [0, 0.1) is 57.8 Å². The van der Waals surface area contributed by atoms with Crippen molar-refractivity contribution in [1.82, 2.24) is 0 Å². The van der Waals surface area contributed by atoms with E-state index in [0.29, 0.717) is 24.2 Å². The predicted octanol–water partition coefficient (Wildman–Crippen LogP) is 15.1. The molecule has 13 heteroatoms. The van der Waals surface area contributed by atoms with E-state index in [0.717, 1.165) is 47.1 Å². The molecule has 0 saturated heterocycles. The first-order chi connectivity index (χ1) is 35.8. The third-order valence-corrected chi connectivity index (χ3v) is 8.71. The minimum Gasteiger partial charge on any atom is -0.512 e. The molecule has 0 spiro atoms. The molecule has 0 aliphatic carbocycles. The fraction of sp³-hybridized carbons (Fsp3) is 0.355. The zero-order chi connectivity index (χ0) is 59.1. The number of aliphatic hydroxyl groups excluding tert-OH is 1. The van der Waals surface area contributed by atoms with Crippen molar-refractivity contribution >= 4 is 54.8 Å². The van der Waals surface area contributed by atoms with Crippen molar-refractivity contribution in [3.05, 3.63) is 213 Å². The fourth-order valence-corrected chi connectivity index (χ4v) is 5.09. The molecule has 6 aromatic carbocycles. The summed E-state index contributed by atoms with van der Waals surface area (Å²) in [5.74, 6) is 0.652. The molecule has 0 saturated carbocycles. The van der Waals surface area contributed by atoms with E-state index < -0.39 is 9.23 Å². The van der Waals surface area contributed by atoms with Crippen LogP contribution in [0.1, 0.15) is 154 Å². The van der Waals surface area contributed by atoms with E-state index in [1.54, 1.807) is 18.2 Å². The van der Waals surface area contributed by atoms with Gasteiger partial charge in [-0.25, -0.2) is 4.21 Å². The van der Waals surface area contributed by atoms with Crippen molar-refractivity contribution in [2.24, 2.45) is 5.73 Å². The first kappa shape index (κ1) is 90.5. The SMILES string of the molecule is CC.CC.CC.CC.CC.CC.Cc1ccccc1C=O.Cc1ccccc1CC#N.Cc1ccccc1CCN.Cc1ccccc1CCl.Cc1ccccc1CO.O=Cc1ccccc1O.O=S(Cl)Cl.[C-]#N.[K+]. The Bertz CT molecular complexity index is 2140. The Morgan fingerprint density at radius 3 is 1.03 bits per heavy atom. The number of aryl methyl sites for hydroxylation is 5. The van der Waals surface area contributed by atoms with Crippen LogP contribution in [0.25, 0.3) is 0 Å². The molecule has 0 aliphatic rings. The molecule has 0 bridgehead atoms. The summed E-state index contributed by atoms with van der Waals surface area (Å²) >= 11 is 5.63. The van der Waals surface area contributed by atoms with E-state index in [1.807, 2.05) is 195 Å². The number of nitrogens with zero attached hydrogens (tertiary/aromatic N) is 2. The zero-order valence-corrected chi connectivity index (χ0v) is 54.9. The quantitative estimate of drug-likeness (QED) is 0.0467. The number of halogens is 3. The molecule has 0 atom stereocenters. The molecule has 6 aromatic rings. The number of carbonyl (C=O) groups is 2. The molecule has 0 heterocycles. The number of hydrogen-bond acceptors (Lipinski definition) is 8. The van der Waals surface area contributed by atoms with Gasteiger partial charge in [0.05, 0.1) is 24.7 Å². The Morgan fingerprint density at radius 2 is 0.800 bits per heavy atom. The second kappa shape index (κ2) is 74.3. The maximum Gasteiger partial charge on any atom is 1.00 e. The van der Waals surface area contributed by atoms with Crippen LogP contribution in [0.5, 0.6) is 5.75 Å². The molecule has 0 radical (unpaired) electrons. The van der Waals surface area contributed by atoms with Gasteiger partial charge in [0.1, 0.15) is 12.0 Å². The summed E-state index contributed by atoms with van der Waals surface area (Å²) in [7, 11) is 7.36.